The van der Waals surface area contributed by atoms with Gasteiger partial charge in [-0.25, -0.2) is 12.8 Å². The number of nitrogens with one attached hydrogen (secondary N) is 2. The molecular weight excluding hydrogens is 317 g/mol. The zero-order chi connectivity index (χ0) is 15.0. The maximum absolute atomic E-state index is 13.8. The molecule has 1 aromatic carbocycles. The minimum atomic E-state index is -3.82. The van der Waals surface area contributed by atoms with Gasteiger partial charge in [0.05, 0.1) is 28.3 Å². The molecule has 3 rings (SSSR count). The van der Waals surface area contributed by atoms with E-state index in [-0.39, 0.29) is 26.5 Å². The van der Waals surface area contributed by atoms with Crippen LogP contribution in [0.25, 0.3) is 10.9 Å². The SMILES string of the molecule is N#Cc1n[nH]c2c(NS(=O)(=O)c3cncs3)ccc(F)c12. The van der Waals surface area contributed by atoms with Crippen molar-refractivity contribution in [2.75, 3.05) is 4.72 Å². The summed E-state index contributed by atoms with van der Waals surface area (Å²) < 4.78 is 40.4. The summed E-state index contributed by atoms with van der Waals surface area (Å²) in [4.78, 5) is 3.70. The molecule has 3 aromatic rings. The van der Waals surface area contributed by atoms with Gasteiger partial charge in [0.25, 0.3) is 10.0 Å². The molecule has 0 aliphatic carbocycles. The minimum absolute atomic E-state index is 0.0278. The number of benzene rings is 1. The standard InChI is InChI=1S/C11H6FN5O2S2/c12-6-1-2-7(11-10(6)8(3-13)15-16-11)17-21(18,19)9-4-14-5-20-9/h1-2,4-5,17H,(H,15,16). The maximum Gasteiger partial charge on any atom is 0.273 e. The summed E-state index contributed by atoms with van der Waals surface area (Å²) in [6.07, 6.45) is 1.21. The number of nitrogens with zero attached hydrogens (tertiary/aromatic N) is 3. The van der Waals surface area contributed by atoms with Gasteiger partial charge >= 0.3 is 0 Å². The van der Waals surface area contributed by atoms with Crippen LogP contribution in [-0.4, -0.2) is 23.6 Å². The summed E-state index contributed by atoms with van der Waals surface area (Å²) in [6, 6.07) is 4.07. The number of anilines is 1. The van der Waals surface area contributed by atoms with Crippen molar-refractivity contribution < 1.29 is 12.8 Å². The Hall–Kier alpha value is -2.51. The lowest BCUT2D eigenvalue weighted by Gasteiger charge is -2.07. The van der Waals surface area contributed by atoms with E-state index >= 15 is 0 Å². The third-order valence-electron chi connectivity index (χ3n) is 2.70. The van der Waals surface area contributed by atoms with E-state index in [0.717, 1.165) is 17.4 Å². The lowest BCUT2D eigenvalue weighted by atomic mass is 10.2. The van der Waals surface area contributed by atoms with Crippen molar-refractivity contribution in [3.05, 3.63) is 35.4 Å². The molecule has 7 nitrogen and oxygen atoms in total. The quantitative estimate of drug-likeness (QED) is 0.763. The number of hydrogen-bond donors (Lipinski definition) is 2. The number of fused-ring (bicyclic) bond motifs is 1. The molecule has 0 saturated heterocycles. The first-order valence-corrected chi connectivity index (χ1v) is 7.87. The number of aromatic amines is 1. The van der Waals surface area contributed by atoms with Gasteiger partial charge in [0.2, 0.25) is 0 Å². The highest BCUT2D eigenvalue weighted by molar-refractivity contribution is 7.94. The van der Waals surface area contributed by atoms with Crippen LogP contribution < -0.4 is 4.72 Å². The number of H-pyrrole nitrogens is 1. The molecule has 2 N–H and O–H groups in total. The van der Waals surface area contributed by atoms with Crippen LogP contribution in [0.3, 0.4) is 0 Å². The van der Waals surface area contributed by atoms with E-state index in [0.29, 0.717) is 0 Å². The fraction of sp³-hybridized carbons (Fsp3) is 0. The number of thiazole rings is 1. The van der Waals surface area contributed by atoms with Crippen molar-refractivity contribution >= 4 is 38.0 Å². The van der Waals surface area contributed by atoms with Crippen molar-refractivity contribution in [2.45, 2.75) is 4.21 Å². The van der Waals surface area contributed by atoms with E-state index in [9.17, 15) is 12.8 Å². The number of halogens is 1. The Bertz CT molecular complexity index is 957. The zero-order valence-corrected chi connectivity index (χ0v) is 11.8. The summed E-state index contributed by atoms with van der Waals surface area (Å²) >= 11 is 0.954. The molecule has 2 aromatic heterocycles. The van der Waals surface area contributed by atoms with E-state index in [1.54, 1.807) is 6.07 Å². The molecule has 106 valence electrons. The lowest BCUT2D eigenvalue weighted by molar-refractivity contribution is 0.603. The molecule has 10 heteroatoms. The van der Waals surface area contributed by atoms with E-state index in [2.05, 4.69) is 19.9 Å². The van der Waals surface area contributed by atoms with Gasteiger partial charge in [-0.1, -0.05) is 0 Å². The monoisotopic (exact) mass is 323 g/mol. The number of sulfonamides is 1. The summed E-state index contributed by atoms with van der Waals surface area (Å²) in [6.45, 7) is 0. The van der Waals surface area contributed by atoms with Gasteiger partial charge in [0.1, 0.15) is 11.9 Å². The fourth-order valence-electron chi connectivity index (χ4n) is 1.79. The average molecular weight is 323 g/mol. The van der Waals surface area contributed by atoms with Crippen molar-refractivity contribution in [2.24, 2.45) is 0 Å². The fourth-order valence-corrected chi connectivity index (χ4v) is 3.66. The highest BCUT2D eigenvalue weighted by Gasteiger charge is 2.20. The Morgan fingerprint density at radius 3 is 2.90 bits per heavy atom. The third kappa shape index (κ3) is 2.22. The molecule has 0 atom stereocenters. The summed E-state index contributed by atoms with van der Waals surface area (Å²) in [5, 5.41) is 14.9. The normalized spacial score (nSPS) is 11.4. The Balaban J connectivity index is 2.13. The lowest BCUT2D eigenvalue weighted by Crippen LogP contribution is -2.12. The summed E-state index contributed by atoms with van der Waals surface area (Å²) in [5.41, 5.74) is 1.47. The van der Waals surface area contributed by atoms with Crippen LogP contribution in [0.5, 0.6) is 0 Å². The molecule has 0 bridgehead atoms. The maximum atomic E-state index is 13.8. The zero-order valence-electron chi connectivity index (χ0n) is 10.2. The highest BCUT2D eigenvalue weighted by atomic mass is 32.2. The molecule has 21 heavy (non-hydrogen) atoms. The van der Waals surface area contributed by atoms with Gasteiger partial charge in [-0.15, -0.1) is 11.3 Å². The minimum Gasteiger partial charge on any atom is -0.277 e. The third-order valence-corrected chi connectivity index (χ3v) is 5.33. The number of hydrogen-bond acceptors (Lipinski definition) is 6. The molecule has 0 fully saturated rings. The van der Waals surface area contributed by atoms with Crippen LogP contribution in [0.2, 0.25) is 0 Å². The second-order valence-corrected chi connectivity index (χ2v) is 6.75. The van der Waals surface area contributed by atoms with E-state index in [1.165, 1.54) is 17.8 Å². The average Bonchev–Trinajstić information content (AvgIpc) is 3.10. The number of aromatic nitrogens is 3. The first-order valence-electron chi connectivity index (χ1n) is 5.51. The molecule has 0 aliphatic rings. The molecule has 0 saturated carbocycles. The summed E-state index contributed by atoms with van der Waals surface area (Å²) in [7, 11) is -3.82. The van der Waals surface area contributed by atoms with E-state index < -0.39 is 15.8 Å². The van der Waals surface area contributed by atoms with Crippen molar-refractivity contribution in [1.82, 2.24) is 15.2 Å². The van der Waals surface area contributed by atoms with Crippen molar-refractivity contribution in [1.29, 1.82) is 5.26 Å². The van der Waals surface area contributed by atoms with Crippen molar-refractivity contribution in [3.63, 3.8) is 0 Å². The largest absolute Gasteiger partial charge is 0.277 e. The smallest absolute Gasteiger partial charge is 0.273 e. The van der Waals surface area contributed by atoms with Crippen molar-refractivity contribution in [3.8, 4) is 6.07 Å². The van der Waals surface area contributed by atoms with Crippen LogP contribution in [0.1, 0.15) is 5.69 Å². The van der Waals surface area contributed by atoms with Crippen LogP contribution in [0.15, 0.2) is 28.0 Å². The Labute approximate surface area is 122 Å². The Morgan fingerprint density at radius 1 is 1.43 bits per heavy atom. The van der Waals surface area contributed by atoms with Gasteiger partial charge in [0, 0.05) is 0 Å². The predicted octanol–water partition coefficient (Wildman–Crippen LogP) is 1.83. The summed E-state index contributed by atoms with van der Waals surface area (Å²) in [5.74, 6) is -0.656. The Kier molecular flexibility index (Phi) is 3.08. The predicted molar refractivity (Wildman–Crippen MR) is 73.7 cm³/mol. The van der Waals surface area contributed by atoms with Crippen LogP contribution >= 0.6 is 11.3 Å². The van der Waals surface area contributed by atoms with Gasteiger partial charge in [-0.2, -0.15) is 10.4 Å². The van der Waals surface area contributed by atoms with Gasteiger partial charge in [-0.3, -0.25) is 14.8 Å². The second-order valence-electron chi connectivity index (χ2n) is 3.95. The topological polar surface area (TPSA) is 112 Å². The molecule has 0 radical (unpaired) electrons. The first-order chi connectivity index (χ1) is 10.0. The molecule has 0 spiro atoms. The highest BCUT2D eigenvalue weighted by Crippen LogP contribution is 2.28. The Morgan fingerprint density at radius 2 is 2.24 bits per heavy atom. The molecular formula is C11H6FN5O2S2. The second kappa shape index (κ2) is 4.80. The molecule has 2 heterocycles. The number of nitriles is 1. The molecule has 0 amide bonds. The van der Waals surface area contributed by atoms with E-state index in [1.807, 2.05) is 0 Å². The van der Waals surface area contributed by atoms with Crippen LogP contribution in [0, 0.1) is 17.1 Å². The van der Waals surface area contributed by atoms with Gasteiger partial charge in [0.15, 0.2) is 9.90 Å². The van der Waals surface area contributed by atoms with Gasteiger partial charge < -0.3 is 0 Å². The molecule has 0 aliphatic heterocycles. The number of rotatable bonds is 3. The van der Waals surface area contributed by atoms with Crippen LogP contribution in [-0.2, 0) is 10.0 Å². The molecule has 0 unspecified atom stereocenters. The van der Waals surface area contributed by atoms with Crippen LogP contribution in [0.4, 0.5) is 10.1 Å². The first kappa shape index (κ1) is 13.5. The van der Waals surface area contributed by atoms with Gasteiger partial charge in [-0.05, 0) is 12.1 Å². The van der Waals surface area contributed by atoms with E-state index in [4.69, 9.17) is 5.26 Å².